The zero-order chi connectivity index (χ0) is 20.0. The van der Waals surface area contributed by atoms with Crippen LogP contribution in [0.2, 0.25) is 0 Å². The van der Waals surface area contributed by atoms with Gasteiger partial charge in [0.25, 0.3) is 5.91 Å². The van der Waals surface area contributed by atoms with Crippen LogP contribution < -0.4 is 4.74 Å². The third-order valence-corrected chi connectivity index (χ3v) is 6.76. The Kier molecular flexibility index (Phi) is 4.62. The van der Waals surface area contributed by atoms with E-state index in [-0.39, 0.29) is 17.6 Å². The van der Waals surface area contributed by atoms with Crippen molar-refractivity contribution >= 4 is 5.91 Å². The highest BCUT2D eigenvalue weighted by Gasteiger charge is 2.42. The number of ether oxygens (including phenoxy) is 1. The van der Waals surface area contributed by atoms with Gasteiger partial charge in [0.2, 0.25) is 0 Å². The van der Waals surface area contributed by atoms with E-state index in [2.05, 4.69) is 35.3 Å². The van der Waals surface area contributed by atoms with Crippen LogP contribution in [-0.4, -0.2) is 53.1 Å². The average Bonchev–Trinajstić information content (AvgIpc) is 3.47. The van der Waals surface area contributed by atoms with Gasteiger partial charge in [-0.15, -0.1) is 0 Å². The minimum atomic E-state index is -0.172. The summed E-state index contributed by atoms with van der Waals surface area (Å²) in [6, 6.07) is 10.4. The molecule has 0 bridgehead atoms. The van der Waals surface area contributed by atoms with Crippen LogP contribution >= 0.6 is 0 Å². The molecule has 1 aliphatic heterocycles. The number of aromatic nitrogens is 1. The number of rotatable bonds is 3. The van der Waals surface area contributed by atoms with Crippen molar-refractivity contribution in [3.63, 3.8) is 0 Å². The van der Waals surface area contributed by atoms with Gasteiger partial charge in [0.1, 0.15) is 17.1 Å². The topological polar surface area (TPSA) is 58.8 Å². The Hall–Kier alpha value is -2.34. The largest absolute Gasteiger partial charge is 0.486 e. The highest BCUT2D eigenvalue weighted by Crippen LogP contribution is 2.41. The lowest BCUT2D eigenvalue weighted by Crippen LogP contribution is -2.51. The molecule has 1 amide bonds. The molecule has 6 nitrogen and oxygen atoms in total. The van der Waals surface area contributed by atoms with Gasteiger partial charge in [-0.1, -0.05) is 23.4 Å². The second kappa shape index (κ2) is 7.17. The third kappa shape index (κ3) is 3.66. The summed E-state index contributed by atoms with van der Waals surface area (Å²) in [5, 5.41) is 4.03. The van der Waals surface area contributed by atoms with Crippen molar-refractivity contribution < 1.29 is 14.1 Å². The predicted octanol–water partition coefficient (Wildman–Crippen LogP) is 3.83. The van der Waals surface area contributed by atoms with Crippen LogP contribution in [0.5, 0.6) is 5.75 Å². The lowest BCUT2D eigenvalue weighted by atomic mass is 9.81. The molecule has 2 heterocycles. The van der Waals surface area contributed by atoms with Crippen molar-refractivity contribution in [3.05, 3.63) is 47.3 Å². The summed E-state index contributed by atoms with van der Waals surface area (Å²) < 4.78 is 12.0. The highest BCUT2D eigenvalue weighted by molar-refractivity contribution is 5.92. The molecule has 1 spiro atoms. The molecule has 0 N–H and O–H groups in total. The first kappa shape index (κ1) is 18.7. The lowest BCUT2D eigenvalue weighted by Gasteiger charge is -2.43. The molecular weight excluding hydrogens is 366 g/mol. The van der Waals surface area contributed by atoms with Gasteiger partial charge in [-0.2, -0.15) is 0 Å². The second-order valence-electron chi connectivity index (χ2n) is 9.10. The van der Waals surface area contributed by atoms with E-state index in [1.54, 1.807) is 0 Å². The van der Waals surface area contributed by atoms with E-state index in [4.69, 9.17) is 9.26 Å². The average molecular weight is 396 g/mol. The van der Waals surface area contributed by atoms with Crippen LogP contribution in [-0.2, 0) is 6.54 Å². The molecule has 29 heavy (non-hydrogen) atoms. The number of hydrogen-bond acceptors (Lipinski definition) is 5. The molecule has 1 aromatic carbocycles. The molecule has 2 saturated carbocycles. The van der Waals surface area contributed by atoms with Crippen LogP contribution in [0.1, 0.15) is 66.3 Å². The normalized spacial score (nSPS) is 27.2. The first-order valence-corrected chi connectivity index (χ1v) is 10.7. The summed E-state index contributed by atoms with van der Waals surface area (Å²) in [5.41, 5.74) is 1.52. The van der Waals surface area contributed by atoms with Crippen LogP contribution in [0.25, 0.3) is 0 Å². The standard InChI is InChI=1S/C23H29N3O3/c1-25-14-17-5-3-4-6-20(17)28-23(15-25)11-9-18(10-12-23)26(2)22(27)19-13-21(29-24-19)16-7-8-16/h3-6,13,16,18H,7-12,14-15H2,1-2H3. The van der Waals surface area contributed by atoms with Gasteiger partial charge >= 0.3 is 0 Å². The van der Waals surface area contributed by atoms with Gasteiger partial charge in [-0.25, -0.2) is 0 Å². The SMILES string of the molecule is CN1Cc2ccccc2OC2(CCC(N(C)C(=O)c3cc(C4CC4)on3)CC2)C1. The molecule has 154 valence electrons. The fourth-order valence-corrected chi connectivity index (χ4v) is 4.91. The number of nitrogens with zero attached hydrogens (tertiary/aromatic N) is 3. The number of amides is 1. The van der Waals surface area contributed by atoms with Gasteiger partial charge < -0.3 is 14.2 Å². The Labute approximate surface area is 171 Å². The predicted molar refractivity (Wildman–Crippen MR) is 109 cm³/mol. The van der Waals surface area contributed by atoms with Crippen LogP contribution in [0, 0.1) is 0 Å². The molecule has 0 unspecified atom stereocenters. The minimum Gasteiger partial charge on any atom is -0.486 e. The molecular formula is C23H29N3O3. The smallest absolute Gasteiger partial charge is 0.276 e. The Morgan fingerprint density at radius 1 is 1.21 bits per heavy atom. The van der Waals surface area contributed by atoms with Gasteiger partial charge in [-0.05, 0) is 51.6 Å². The van der Waals surface area contributed by atoms with Crippen LogP contribution in [0.3, 0.4) is 0 Å². The van der Waals surface area contributed by atoms with Crippen LogP contribution in [0.15, 0.2) is 34.9 Å². The van der Waals surface area contributed by atoms with Crippen molar-refractivity contribution in [3.8, 4) is 5.75 Å². The molecule has 0 atom stereocenters. The lowest BCUT2D eigenvalue weighted by molar-refractivity contribution is -0.00855. The van der Waals surface area contributed by atoms with Crippen LogP contribution in [0.4, 0.5) is 0 Å². The van der Waals surface area contributed by atoms with E-state index in [1.165, 1.54) is 5.56 Å². The van der Waals surface area contributed by atoms with Crippen molar-refractivity contribution in [1.29, 1.82) is 0 Å². The molecule has 2 aliphatic carbocycles. The summed E-state index contributed by atoms with van der Waals surface area (Å²) in [6.07, 6.45) is 6.04. The van der Waals surface area contributed by atoms with Crippen molar-refractivity contribution in [1.82, 2.24) is 15.0 Å². The monoisotopic (exact) mass is 395 g/mol. The quantitative estimate of drug-likeness (QED) is 0.791. The number of fused-ring (bicyclic) bond motifs is 1. The summed E-state index contributed by atoms with van der Waals surface area (Å²) >= 11 is 0. The van der Waals surface area contributed by atoms with Gasteiger partial charge in [-0.3, -0.25) is 9.69 Å². The van der Waals surface area contributed by atoms with E-state index in [9.17, 15) is 4.79 Å². The number of carbonyl (C=O) groups is 1. The number of hydrogen-bond donors (Lipinski definition) is 0. The maximum Gasteiger partial charge on any atom is 0.276 e. The number of benzene rings is 1. The van der Waals surface area contributed by atoms with E-state index in [0.29, 0.717) is 11.6 Å². The Balaban J connectivity index is 1.26. The Morgan fingerprint density at radius 2 is 1.97 bits per heavy atom. The van der Waals surface area contributed by atoms with E-state index >= 15 is 0 Å². The molecule has 6 heteroatoms. The number of para-hydroxylation sites is 1. The summed E-state index contributed by atoms with van der Waals surface area (Å²) in [5.74, 6) is 2.30. The van der Waals surface area contributed by atoms with Gasteiger partial charge in [0.15, 0.2) is 5.69 Å². The summed E-state index contributed by atoms with van der Waals surface area (Å²) in [4.78, 5) is 17.1. The zero-order valence-electron chi connectivity index (χ0n) is 17.3. The Bertz CT molecular complexity index is 896. The second-order valence-corrected chi connectivity index (χ2v) is 9.10. The molecule has 0 saturated heterocycles. The summed E-state index contributed by atoms with van der Waals surface area (Å²) in [7, 11) is 4.06. The highest BCUT2D eigenvalue weighted by atomic mass is 16.5. The maximum atomic E-state index is 12.9. The van der Waals surface area contributed by atoms with E-state index < -0.39 is 0 Å². The first-order valence-electron chi connectivity index (χ1n) is 10.7. The minimum absolute atomic E-state index is 0.0363. The molecule has 3 aliphatic rings. The molecule has 5 rings (SSSR count). The molecule has 2 fully saturated rings. The van der Waals surface area contributed by atoms with Crippen molar-refractivity contribution in [2.45, 2.75) is 62.6 Å². The van der Waals surface area contributed by atoms with E-state index in [1.807, 2.05) is 24.1 Å². The summed E-state index contributed by atoms with van der Waals surface area (Å²) in [6.45, 7) is 1.83. The number of carbonyl (C=O) groups excluding carboxylic acids is 1. The molecule has 2 aromatic rings. The maximum absolute atomic E-state index is 12.9. The van der Waals surface area contributed by atoms with Crippen molar-refractivity contribution in [2.24, 2.45) is 0 Å². The molecule has 1 aromatic heterocycles. The first-order chi connectivity index (χ1) is 14.0. The van der Waals surface area contributed by atoms with E-state index in [0.717, 1.165) is 63.1 Å². The van der Waals surface area contributed by atoms with Gasteiger partial charge in [0.05, 0.1) is 0 Å². The van der Waals surface area contributed by atoms with Gasteiger partial charge in [0, 0.05) is 43.7 Å². The molecule has 0 radical (unpaired) electrons. The zero-order valence-corrected chi connectivity index (χ0v) is 17.3. The van der Waals surface area contributed by atoms with Crippen molar-refractivity contribution in [2.75, 3.05) is 20.6 Å². The number of likely N-dealkylation sites (N-methyl/N-ethyl adjacent to an activating group) is 1. The fourth-order valence-electron chi connectivity index (χ4n) is 4.91. The fraction of sp³-hybridized carbons (Fsp3) is 0.565. The third-order valence-electron chi connectivity index (χ3n) is 6.76. The Morgan fingerprint density at radius 3 is 2.72 bits per heavy atom.